The number of piperidine rings is 1. The molecule has 4 bridgehead atoms. The van der Waals surface area contributed by atoms with E-state index in [9.17, 15) is 38.7 Å². The zero-order valence-corrected chi connectivity index (χ0v) is 43.7. The number of hydrogen-bond donors (Lipinski definition) is 5. The smallest absolute Gasteiger partial charge is 0.355 e. The minimum atomic E-state index is -1.14. The number of carboxylic acid groups (broad SMARTS) is 1. The fraction of sp³-hybridized carbons (Fsp3) is 0.414. The number of para-hydroxylation sites is 1. The van der Waals surface area contributed by atoms with Crippen LogP contribution in [0, 0.1) is 29.6 Å². The monoisotopic (exact) mass is 1060 g/mol. The quantitative estimate of drug-likeness (QED) is 0.0429. The first-order valence-corrected chi connectivity index (χ1v) is 27.7. The molecule has 6 aromatic rings. The summed E-state index contributed by atoms with van der Waals surface area (Å²) in [4.78, 5) is 104. The molecule has 0 radical (unpaired) electrons. The third-order valence-electron chi connectivity index (χ3n) is 17.2. The van der Waals surface area contributed by atoms with E-state index in [1.807, 2.05) is 71.1 Å². The van der Waals surface area contributed by atoms with Crippen LogP contribution < -0.4 is 26.2 Å². The summed E-state index contributed by atoms with van der Waals surface area (Å²) in [5, 5.41) is 27.9. The third-order valence-corrected chi connectivity index (χ3v) is 18.1. The molecule has 3 unspecified atom stereocenters. The van der Waals surface area contributed by atoms with E-state index in [-0.39, 0.29) is 46.9 Å². The Morgan fingerprint density at radius 3 is 2.42 bits per heavy atom. The summed E-state index contributed by atoms with van der Waals surface area (Å²) in [5.74, 6) is -1.92. The van der Waals surface area contributed by atoms with Crippen molar-refractivity contribution in [1.82, 2.24) is 35.3 Å². The number of aromatic carboxylic acids is 1. The van der Waals surface area contributed by atoms with Crippen LogP contribution in [-0.2, 0) is 33.9 Å². The van der Waals surface area contributed by atoms with Gasteiger partial charge in [0, 0.05) is 67.2 Å². The van der Waals surface area contributed by atoms with Crippen LogP contribution >= 0.6 is 11.3 Å². The molecule has 3 aromatic carbocycles. The van der Waals surface area contributed by atoms with Crippen molar-refractivity contribution in [2.75, 3.05) is 35.2 Å². The minimum Gasteiger partial charge on any atom is -0.476 e. The molecule has 396 valence electrons. The Balaban J connectivity index is 0.652. The van der Waals surface area contributed by atoms with Crippen LogP contribution in [0.25, 0.3) is 21.3 Å². The highest BCUT2D eigenvalue weighted by atomic mass is 32.1. The zero-order chi connectivity index (χ0) is 53.2. The summed E-state index contributed by atoms with van der Waals surface area (Å²) in [5.41, 5.74) is 5.81. The van der Waals surface area contributed by atoms with Crippen LogP contribution in [0.3, 0.4) is 0 Å². The van der Waals surface area contributed by atoms with Crippen LogP contribution in [0.4, 0.5) is 16.6 Å². The Labute approximate surface area is 448 Å². The molecular weight excluding hydrogens is 997 g/mol. The average Bonchev–Trinajstić information content (AvgIpc) is 4.14. The number of aromatic nitrogens is 4. The number of carbonyl (C=O) groups excluding carboxylic acids is 6. The summed E-state index contributed by atoms with van der Waals surface area (Å²) in [6.45, 7) is 4.79. The molecule has 4 saturated carbocycles. The van der Waals surface area contributed by atoms with Gasteiger partial charge in [0.05, 0.1) is 33.0 Å². The number of rotatable bonds is 17. The van der Waals surface area contributed by atoms with Crippen molar-refractivity contribution in [3.8, 4) is 11.1 Å². The van der Waals surface area contributed by atoms with Gasteiger partial charge < -0.3 is 20.6 Å². The number of fused-ring (bicyclic) bond motifs is 3. The van der Waals surface area contributed by atoms with E-state index in [4.69, 9.17) is 10.1 Å². The van der Waals surface area contributed by atoms with Crippen molar-refractivity contribution in [2.45, 2.75) is 110 Å². The Bertz CT molecular complexity index is 3390. The molecule has 5 fully saturated rings. The van der Waals surface area contributed by atoms with Gasteiger partial charge in [-0.15, -0.1) is 0 Å². The molecule has 3 aliphatic heterocycles. The number of hydrogen-bond acceptors (Lipinski definition) is 13. The summed E-state index contributed by atoms with van der Waals surface area (Å²) in [6.07, 6.45) is 11.8. The number of thiazole rings is 1. The fourth-order valence-corrected chi connectivity index (χ4v) is 14.9. The second-order valence-corrected chi connectivity index (χ2v) is 23.3. The number of carbonyl (C=O) groups is 7. The van der Waals surface area contributed by atoms with Crippen LogP contribution in [0.5, 0.6) is 0 Å². The summed E-state index contributed by atoms with van der Waals surface area (Å²) in [6, 6.07) is 21.2. The van der Waals surface area contributed by atoms with Crippen LogP contribution in [0.2, 0.25) is 0 Å². The van der Waals surface area contributed by atoms with Gasteiger partial charge in [0.1, 0.15) is 11.9 Å². The number of imide groups is 2. The Hall–Kier alpha value is -7.80. The standard InChI is InChI=1S/C58H60N10O8S/c1-33-40(37-16-18-46(63-49(37)54(74)75)66-23-20-36-10-8-11-38(41(36)30-66)50(70)65-56-62-42-13-4-5-15-45(42)77-56)29-61-67(33)32-57-25-34-24-35(26-57)28-58(27-34,31-57)55(76)60-22-7-3-2-6-21-59-43-14-9-12-39-48(43)53(73)68(52(39)72)44-17-19-47(69)64-51(44)71/h4-5,8-16,18,29,34-35,44,59H,2-3,6-7,17,19-28,30-32H2,1H3,(H,60,76)(H,74,75)(H,62,65,70)(H,64,69,71). The number of carboxylic acids is 1. The van der Waals surface area contributed by atoms with Crippen molar-refractivity contribution in [2.24, 2.45) is 22.7 Å². The number of pyridine rings is 1. The van der Waals surface area contributed by atoms with E-state index in [1.165, 1.54) is 11.3 Å². The van der Waals surface area contributed by atoms with Gasteiger partial charge in [0.2, 0.25) is 17.7 Å². The van der Waals surface area contributed by atoms with Crippen molar-refractivity contribution < 1.29 is 38.7 Å². The number of nitrogens with one attached hydrogen (secondary N) is 4. The topological polar surface area (TPSA) is 238 Å². The summed E-state index contributed by atoms with van der Waals surface area (Å²) < 4.78 is 3.00. The summed E-state index contributed by atoms with van der Waals surface area (Å²) >= 11 is 1.42. The maximum atomic E-state index is 14.3. The van der Waals surface area contributed by atoms with E-state index < -0.39 is 41.1 Å². The Morgan fingerprint density at radius 1 is 0.831 bits per heavy atom. The Kier molecular flexibility index (Phi) is 13.0. The van der Waals surface area contributed by atoms with Crippen molar-refractivity contribution in [3.63, 3.8) is 0 Å². The number of benzene rings is 3. The Morgan fingerprint density at radius 2 is 1.62 bits per heavy atom. The first-order valence-electron chi connectivity index (χ1n) is 26.9. The molecule has 77 heavy (non-hydrogen) atoms. The lowest BCUT2D eigenvalue weighted by molar-refractivity contribution is -0.159. The van der Waals surface area contributed by atoms with E-state index in [2.05, 4.69) is 26.3 Å². The molecule has 3 aromatic heterocycles. The predicted octanol–water partition coefficient (Wildman–Crippen LogP) is 8.15. The van der Waals surface area contributed by atoms with E-state index >= 15 is 0 Å². The van der Waals surface area contributed by atoms with Crippen molar-refractivity contribution in [1.29, 1.82) is 0 Å². The molecule has 13 rings (SSSR count). The van der Waals surface area contributed by atoms with Crippen LogP contribution in [0.1, 0.15) is 135 Å². The van der Waals surface area contributed by atoms with Crippen molar-refractivity contribution >= 4 is 79.6 Å². The van der Waals surface area contributed by atoms with Crippen molar-refractivity contribution in [3.05, 3.63) is 118 Å². The molecule has 1 saturated heterocycles. The minimum absolute atomic E-state index is 0.0610. The summed E-state index contributed by atoms with van der Waals surface area (Å²) in [7, 11) is 0. The second-order valence-electron chi connectivity index (χ2n) is 22.2. The average molecular weight is 1060 g/mol. The highest BCUT2D eigenvalue weighted by molar-refractivity contribution is 7.22. The lowest BCUT2D eigenvalue weighted by atomic mass is 9.44. The van der Waals surface area contributed by atoms with E-state index in [0.29, 0.717) is 84.3 Å². The van der Waals surface area contributed by atoms with Gasteiger partial charge >= 0.3 is 5.97 Å². The number of anilines is 3. The van der Waals surface area contributed by atoms with Gasteiger partial charge in [-0.2, -0.15) is 5.10 Å². The molecule has 6 amide bonds. The van der Waals surface area contributed by atoms with Crippen LogP contribution in [-0.4, -0.2) is 96.8 Å². The first kappa shape index (κ1) is 50.0. The van der Waals surface area contributed by atoms with Crippen LogP contribution in [0.15, 0.2) is 79.0 Å². The molecule has 4 aliphatic carbocycles. The second kappa shape index (κ2) is 20.0. The van der Waals surface area contributed by atoms with Gasteiger partial charge in [-0.05, 0) is 142 Å². The molecule has 5 N–H and O–H groups in total. The fourth-order valence-electron chi connectivity index (χ4n) is 14.1. The van der Waals surface area contributed by atoms with Gasteiger partial charge in [-0.1, -0.05) is 54.5 Å². The molecule has 7 aliphatic rings. The highest BCUT2D eigenvalue weighted by Crippen LogP contribution is 2.66. The lowest BCUT2D eigenvalue weighted by Gasteiger charge is -2.61. The van der Waals surface area contributed by atoms with Gasteiger partial charge in [-0.25, -0.2) is 14.8 Å². The van der Waals surface area contributed by atoms with Gasteiger partial charge in [0.25, 0.3) is 17.7 Å². The third kappa shape index (κ3) is 9.31. The highest BCUT2D eigenvalue weighted by Gasteiger charge is 2.60. The van der Waals surface area contributed by atoms with E-state index in [1.54, 1.807) is 24.4 Å². The van der Waals surface area contributed by atoms with Gasteiger partial charge in [-0.3, -0.25) is 49.0 Å². The molecule has 18 nitrogen and oxygen atoms in total. The normalized spacial score (nSPS) is 23.3. The van der Waals surface area contributed by atoms with Gasteiger partial charge in [0.15, 0.2) is 10.8 Å². The predicted molar refractivity (Wildman–Crippen MR) is 289 cm³/mol. The lowest BCUT2D eigenvalue weighted by Crippen LogP contribution is -2.58. The van der Waals surface area contributed by atoms with E-state index in [0.717, 1.165) is 96.1 Å². The number of amides is 6. The molecule has 0 spiro atoms. The number of nitrogens with zero attached hydrogens (tertiary/aromatic N) is 6. The molecule has 3 atom stereocenters. The molecular formula is C58H60N10O8S. The first-order chi connectivity index (χ1) is 37.2. The maximum Gasteiger partial charge on any atom is 0.355 e. The largest absolute Gasteiger partial charge is 0.476 e. The maximum absolute atomic E-state index is 14.3. The SMILES string of the molecule is Cc1c(-c2ccc(N3CCc4cccc(C(=O)Nc5nc6ccccc6s5)c4C3)nc2C(=O)O)cnn1CC12CC3CC(C1)CC(C(=O)NCCCCCCNc1cccc4c1C(=O)N(C1CCC(=O)NC1=O)C4=O)(C3)C2. The zero-order valence-electron chi connectivity index (χ0n) is 42.9. The molecule has 6 heterocycles. The number of unbranched alkanes of at least 4 members (excludes halogenated alkanes) is 3. The molecule has 19 heteroatoms.